The van der Waals surface area contributed by atoms with Crippen molar-refractivity contribution in [3.63, 3.8) is 0 Å². The highest BCUT2D eigenvalue weighted by atomic mass is 16.5. The number of nitrogens with zero attached hydrogens (tertiary/aromatic N) is 1. The first kappa shape index (κ1) is 37.4. The molecular weight excluding hydrogens is 787 g/mol. The highest BCUT2D eigenvalue weighted by Gasteiger charge is 2.52. The molecule has 2 heteroatoms. The molecule has 13 rings (SSSR count). The maximum Gasteiger partial charge on any atom is 0.118 e. The summed E-state index contributed by atoms with van der Waals surface area (Å²) >= 11 is 0. The van der Waals surface area contributed by atoms with Crippen molar-refractivity contribution in [1.29, 1.82) is 0 Å². The molecular formula is C63H43NO. The topological polar surface area (TPSA) is 12.5 Å². The van der Waals surface area contributed by atoms with Gasteiger partial charge < -0.3 is 9.64 Å². The van der Waals surface area contributed by atoms with Crippen LogP contribution in [0.5, 0.6) is 5.75 Å². The zero-order valence-corrected chi connectivity index (χ0v) is 35.9. The molecule has 0 N–H and O–H groups in total. The molecule has 1 spiro atoms. The zero-order chi connectivity index (χ0) is 43.1. The number of hydrogen-bond acceptors (Lipinski definition) is 2. The normalized spacial score (nSPS) is 13.9. The van der Waals surface area contributed by atoms with Crippen LogP contribution < -0.4 is 9.64 Å². The molecule has 0 fully saturated rings. The molecule has 0 aliphatic heterocycles. The predicted molar refractivity (Wildman–Crippen MR) is 267 cm³/mol. The molecule has 0 aromatic heterocycles. The number of benzene rings is 10. The van der Waals surface area contributed by atoms with Crippen LogP contribution in [0.2, 0.25) is 0 Å². The number of hydrogen-bond donors (Lipinski definition) is 0. The van der Waals surface area contributed by atoms with Gasteiger partial charge in [-0.15, -0.1) is 0 Å². The van der Waals surface area contributed by atoms with Crippen LogP contribution in [0.3, 0.4) is 0 Å². The van der Waals surface area contributed by atoms with E-state index in [1.807, 2.05) is 12.1 Å². The number of methoxy groups -OCH3 is 1. The van der Waals surface area contributed by atoms with Crippen molar-refractivity contribution in [1.82, 2.24) is 0 Å². The standard InChI is InChI=1S/C63H43NO/c1-65-49-36-30-43(31-37-49)42-28-32-46(33-29-42)64(47-34-38-54-52-22-8-12-24-56(52)62(60(54)40-47,44-16-4-2-5-17-44)45-18-6-3-7-19-45)48-35-39-55-53-23-11-15-27-59(53)63(61(55)41-48)57-25-13-9-20-50(57)51-21-10-14-26-58(51)63/h2-41H,1H3. The number of anilines is 3. The van der Waals surface area contributed by atoms with E-state index < -0.39 is 10.8 Å². The Morgan fingerprint density at radius 3 is 1.06 bits per heavy atom. The summed E-state index contributed by atoms with van der Waals surface area (Å²) in [5, 5.41) is 0. The fraction of sp³-hybridized carbons (Fsp3) is 0.0476. The van der Waals surface area contributed by atoms with E-state index in [9.17, 15) is 0 Å². The van der Waals surface area contributed by atoms with Crippen LogP contribution in [-0.4, -0.2) is 7.11 Å². The minimum atomic E-state index is -0.532. The Morgan fingerprint density at radius 1 is 0.292 bits per heavy atom. The molecule has 0 unspecified atom stereocenters. The molecule has 65 heavy (non-hydrogen) atoms. The van der Waals surface area contributed by atoms with Crippen molar-refractivity contribution >= 4 is 17.1 Å². The SMILES string of the molecule is COc1ccc(-c2ccc(N(c3ccc4c(c3)C(c3ccccc3)(c3ccccc3)c3ccccc3-4)c3ccc4c(c3)C3(c5ccccc5-c5ccccc53)c3ccccc3-4)cc2)cc1. The summed E-state index contributed by atoms with van der Waals surface area (Å²) in [6, 6.07) is 90.1. The highest BCUT2D eigenvalue weighted by Crippen LogP contribution is 2.64. The number of ether oxygens (including phenoxy) is 1. The van der Waals surface area contributed by atoms with E-state index in [1.54, 1.807) is 7.11 Å². The third-order valence-electron chi connectivity index (χ3n) is 14.5. The van der Waals surface area contributed by atoms with Crippen LogP contribution in [0.15, 0.2) is 243 Å². The van der Waals surface area contributed by atoms with Crippen molar-refractivity contribution in [2.45, 2.75) is 10.8 Å². The second-order valence-electron chi connectivity index (χ2n) is 17.5. The molecule has 2 nitrogen and oxygen atoms in total. The fourth-order valence-electron chi connectivity index (χ4n) is 11.8. The van der Waals surface area contributed by atoms with E-state index in [-0.39, 0.29) is 0 Å². The van der Waals surface area contributed by atoms with Crippen LogP contribution in [-0.2, 0) is 10.8 Å². The van der Waals surface area contributed by atoms with Gasteiger partial charge in [-0.2, -0.15) is 0 Å². The minimum absolute atomic E-state index is 0.464. The summed E-state index contributed by atoms with van der Waals surface area (Å²) in [7, 11) is 1.71. The smallest absolute Gasteiger partial charge is 0.118 e. The maximum absolute atomic E-state index is 5.50. The van der Waals surface area contributed by atoms with Crippen molar-refractivity contribution in [3.8, 4) is 50.3 Å². The summed E-state index contributed by atoms with van der Waals surface area (Å²) < 4.78 is 5.50. The molecule has 3 aliphatic carbocycles. The minimum Gasteiger partial charge on any atom is -0.497 e. The predicted octanol–water partition coefficient (Wildman–Crippen LogP) is 15.5. The summed E-state index contributed by atoms with van der Waals surface area (Å²) in [6.45, 7) is 0. The van der Waals surface area contributed by atoms with Crippen LogP contribution in [0.1, 0.15) is 44.5 Å². The van der Waals surface area contributed by atoms with Gasteiger partial charge in [0, 0.05) is 17.1 Å². The fourth-order valence-corrected chi connectivity index (χ4v) is 11.8. The van der Waals surface area contributed by atoms with Gasteiger partial charge in [-0.05, 0) is 138 Å². The molecule has 0 bridgehead atoms. The maximum atomic E-state index is 5.50. The molecule has 0 saturated heterocycles. The summed E-state index contributed by atoms with van der Waals surface area (Å²) in [5.41, 5.74) is 22.7. The van der Waals surface area contributed by atoms with Gasteiger partial charge in [-0.1, -0.05) is 194 Å². The lowest BCUT2D eigenvalue weighted by atomic mass is 9.67. The van der Waals surface area contributed by atoms with Gasteiger partial charge in [0.2, 0.25) is 0 Å². The summed E-state index contributed by atoms with van der Waals surface area (Å²) in [6.07, 6.45) is 0. The Labute approximate surface area is 380 Å². The van der Waals surface area contributed by atoms with Crippen molar-refractivity contribution in [2.24, 2.45) is 0 Å². The third kappa shape index (κ3) is 5.23. The van der Waals surface area contributed by atoms with Crippen LogP contribution in [0.25, 0.3) is 44.5 Å². The van der Waals surface area contributed by atoms with E-state index in [0.29, 0.717) is 0 Å². The van der Waals surface area contributed by atoms with Gasteiger partial charge in [-0.3, -0.25) is 0 Å². The van der Waals surface area contributed by atoms with Gasteiger partial charge in [-0.25, -0.2) is 0 Å². The van der Waals surface area contributed by atoms with Crippen LogP contribution in [0.4, 0.5) is 17.1 Å². The lowest BCUT2D eigenvalue weighted by Gasteiger charge is -2.35. The lowest BCUT2D eigenvalue weighted by Crippen LogP contribution is -2.28. The van der Waals surface area contributed by atoms with Gasteiger partial charge in [0.05, 0.1) is 17.9 Å². The Bertz CT molecular complexity index is 3250. The molecule has 10 aromatic rings. The third-order valence-corrected chi connectivity index (χ3v) is 14.5. The second kappa shape index (κ2) is 14.4. The first-order valence-electron chi connectivity index (χ1n) is 22.5. The molecule has 3 aliphatic rings. The summed E-state index contributed by atoms with van der Waals surface area (Å²) in [5.74, 6) is 0.849. The average Bonchev–Trinajstić information content (AvgIpc) is 3.97. The number of fused-ring (bicyclic) bond motifs is 13. The molecule has 0 radical (unpaired) electrons. The Hall–Kier alpha value is -8.20. The highest BCUT2D eigenvalue weighted by molar-refractivity contribution is 5.97. The monoisotopic (exact) mass is 829 g/mol. The molecule has 0 saturated carbocycles. The number of rotatable bonds is 7. The lowest BCUT2D eigenvalue weighted by molar-refractivity contribution is 0.415. The van der Waals surface area contributed by atoms with Crippen LogP contribution in [0, 0.1) is 0 Å². The Balaban J connectivity index is 1.07. The van der Waals surface area contributed by atoms with E-state index in [2.05, 4.69) is 235 Å². The zero-order valence-electron chi connectivity index (χ0n) is 35.9. The quantitative estimate of drug-likeness (QED) is 0.159. The molecule has 0 amide bonds. The van der Waals surface area contributed by atoms with Gasteiger partial charge >= 0.3 is 0 Å². The Kier molecular flexibility index (Phi) is 8.29. The molecule has 0 heterocycles. The molecule has 306 valence electrons. The van der Waals surface area contributed by atoms with Gasteiger partial charge in [0.25, 0.3) is 0 Å². The van der Waals surface area contributed by atoms with Crippen molar-refractivity contribution in [3.05, 3.63) is 287 Å². The second-order valence-corrected chi connectivity index (χ2v) is 17.5. The van der Waals surface area contributed by atoms with E-state index in [4.69, 9.17) is 4.74 Å². The van der Waals surface area contributed by atoms with Crippen LogP contribution >= 0.6 is 0 Å². The van der Waals surface area contributed by atoms with E-state index in [1.165, 1.54) is 77.9 Å². The molecule has 10 aromatic carbocycles. The molecule has 0 atom stereocenters. The first-order chi connectivity index (χ1) is 32.2. The Morgan fingerprint density at radius 2 is 0.631 bits per heavy atom. The van der Waals surface area contributed by atoms with Gasteiger partial charge in [0.1, 0.15) is 5.75 Å². The van der Waals surface area contributed by atoms with Crippen molar-refractivity contribution in [2.75, 3.05) is 12.0 Å². The van der Waals surface area contributed by atoms with Crippen molar-refractivity contribution < 1.29 is 4.74 Å². The largest absolute Gasteiger partial charge is 0.497 e. The summed E-state index contributed by atoms with van der Waals surface area (Å²) in [4.78, 5) is 2.48. The first-order valence-corrected chi connectivity index (χ1v) is 22.5. The van der Waals surface area contributed by atoms with Gasteiger partial charge in [0.15, 0.2) is 0 Å². The van der Waals surface area contributed by atoms with E-state index >= 15 is 0 Å². The van der Waals surface area contributed by atoms with E-state index in [0.717, 1.165) is 33.9 Å². The average molecular weight is 830 g/mol.